The van der Waals surface area contributed by atoms with Gasteiger partial charge >= 0.3 is 0 Å². The Morgan fingerprint density at radius 3 is 2.76 bits per heavy atom. The summed E-state index contributed by atoms with van der Waals surface area (Å²) in [5.41, 5.74) is 7.86. The van der Waals surface area contributed by atoms with Crippen LogP contribution in [0.15, 0.2) is 30.6 Å². The summed E-state index contributed by atoms with van der Waals surface area (Å²) in [5.74, 6) is 0. The summed E-state index contributed by atoms with van der Waals surface area (Å²) in [4.78, 5) is 10.0. The summed E-state index contributed by atoms with van der Waals surface area (Å²) in [6.07, 6.45) is 4.15. The van der Waals surface area contributed by atoms with E-state index in [2.05, 4.69) is 32.3 Å². The molecule has 0 saturated carbocycles. The minimum Gasteiger partial charge on any atom is -0.392 e. The average Bonchev–Trinajstić information content (AvgIpc) is 2.89. The number of imidazole rings is 1. The van der Waals surface area contributed by atoms with Gasteiger partial charge in [-0.1, -0.05) is 18.3 Å². The lowest BCUT2D eigenvalue weighted by Gasteiger charge is -2.37. The van der Waals surface area contributed by atoms with Crippen molar-refractivity contribution in [3.05, 3.63) is 36.3 Å². The molecule has 0 amide bonds. The SMILES string of the molecule is CC(C(N)=S)N1CCN(Cc2cn3ccccc3n2)CC1. The first-order valence-corrected chi connectivity index (χ1v) is 7.72. The van der Waals surface area contributed by atoms with Crippen LogP contribution in [0.5, 0.6) is 0 Å². The first-order chi connectivity index (χ1) is 10.1. The molecule has 3 rings (SSSR count). The van der Waals surface area contributed by atoms with Crippen LogP contribution in [0.25, 0.3) is 5.65 Å². The standard InChI is InChI=1S/C15H21N5S/c1-12(15(16)21)19-8-6-18(7-9-19)10-13-11-20-5-3-2-4-14(20)17-13/h2-5,11-12H,6-10H2,1H3,(H2,16,21). The van der Waals surface area contributed by atoms with Crippen molar-refractivity contribution in [2.75, 3.05) is 26.2 Å². The molecule has 1 aliphatic heterocycles. The Morgan fingerprint density at radius 1 is 1.33 bits per heavy atom. The highest BCUT2D eigenvalue weighted by molar-refractivity contribution is 7.80. The number of pyridine rings is 1. The molecule has 0 aromatic carbocycles. The van der Waals surface area contributed by atoms with Crippen LogP contribution >= 0.6 is 12.2 Å². The maximum absolute atomic E-state index is 5.73. The van der Waals surface area contributed by atoms with Crippen molar-refractivity contribution in [3.63, 3.8) is 0 Å². The van der Waals surface area contributed by atoms with E-state index in [1.807, 2.05) is 24.4 Å². The molecule has 1 fully saturated rings. The van der Waals surface area contributed by atoms with Crippen molar-refractivity contribution < 1.29 is 0 Å². The molecule has 1 saturated heterocycles. The Hall–Kier alpha value is -1.50. The number of rotatable bonds is 4. The van der Waals surface area contributed by atoms with Crippen LogP contribution in [-0.4, -0.2) is 56.4 Å². The van der Waals surface area contributed by atoms with Gasteiger partial charge in [0, 0.05) is 45.1 Å². The van der Waals surface area contributed by atoms with Crippen LogP contribution in [0.1, 0.15) is 12.6 Å². The van der Waals surface area contributed by atoms with E-state index >= 15 is 0 Å². The van der Waals surface area contributed by atoms with Gasteiger partial charge in [-0.25, -0.2) is 4.98 Å². The molecule has 0 bridgehead atoms. The lowest BCUT2D eigenvalue weighted by Crippen LogP contribution is -2.52. The third-order valence-electron chi connectivity index (χ3n) is 4.17. The van der Waals surface area contributed by atoms with Crippen molar-refractivity contribution in [2.45, 2.75) is 19.5 Å². The maximum Gasteiger partial charge on any atom is 0.137 e. The molecule has 21 heavy (non-hydrogen) atoms. The fourth-order valence-corrected chi connectivity index (χ4v) is 2.93. The van der Waals surface area contributed by atoms with Gasteiger partial charge in [0.1, 0.15) is 5.65 Å². The van der Waals surface area contributed by atoms with E-state index in [1.165, 1.54) is 0 Å². The van der Waals surface area contributed by atoms with Crippen LogP contribution in [0, 0.1) is 0 Å². The predicted octanol–water partition coefficient (Wildman–Crippen LogP) is 1.13. The highest BCUT2D eigenvalue weighted by atomic mass is 32.1. The monoisotopic (exact) mass is 303 g/mol. The maximum atomic E-state index is 5.73. The second-order valence-corrected chi connectivity index (χ2v) is 6.06. The first-order valence-electron chi connectivity index (χ1n) is 7.32. The van der Waals surface area contributed by atoms with E-state index in [9.17, 15) is 0 Å². The molecule has 3 heterocycles. The van der Waals surface area contributed by atoms with Gasteiger partial charge in [0.2, 0.25) is 0 Å². The van der Waals surface area contributed by atoms with Crippen LogP contribution in [0.2, 0.25) is 0 Å². The average molecular weight is 303 g/mol. The summed E-state index contributed by atoms with van der Waals surface area (Å²) >= 11 is 5.08. The van der Waals surface area contributed by atoms with Crippen molar-refractivity contribution in [2.24, 2.45) is 5.73 Å². The van der Waals surface area contributed by atoms with Crippen molar-refractivity contribution in [3.8, 4) is 0 Å². The molecule has 1 unspecified atom stereocenters. The van der Waals surface area contributed by atoms with Crippen LogP contribution in [0.3, 0.4) is 0 Å². The van der Waals surface area contributed by atoms with Crippen LogP contribution < -0.4 is 5.73 Å². The lowest BCUT2D eigenvalue weighted by atomic mass is 10.2. The number of thiocarbonyl (C=S) groups is 1. The number of fused-ring (bicyclic) bond motifs is 1. The van der Waals surface area contributed by atoms with E-state index in [0.29, 0.717) is 4.99 Å². The van der Waals surface area contributed by atoms with Crippen LogP contribution in [0.4, 0.5) is 0 Å². The zero-order chi connectivity index (χ0) is 14.8. The van der Waals surface area contributed by atoms with Crippen molar-refractivity contribution in [1.29, 1.82) is 0 Å². The number of piperazine rings is 1. The van der Waals surface area contributed by atoms with Gasteiger partial charge in [0.25, 0.3) is 0 Å². The third-order valence-corrected chi connectivity index (χ3v) is 4.51. The molecule has 6 heteroatoms. The molecule has 112 valence electrons. The van der Waals surface area contributed by atoms with Gasteiger partial charge < -0.3 is 10.1 Å². The normalized spacial score (nSPS) is 18.9. The van der Waals surface area contributed by atoms with Crippen molar-refractivity contribution in [1.82, 2.24) is 19.2 Å². The van der Waals surface area contributed by atoms with E-state index in [-0.39, 0.29) is 6.04 Å². The highest BCUT2D eigenvalue weighted by Gasteiger charge is 2.22. The Balaban J connectivity index is 1.59. The summed E-state index contributed by atoms with van der Waals surface area (Å²) in [6.45, 7) is 7.05. The second kappa shape index (κ2) is 6.09. The fraction of sp³-hybridized carbons (Fsp3) is 0.467. The zero-order valence-electron chi connectivity index (χ0n) is 12.3. The first kappa shape index (κ1) is 14.4. The van der Waals surface area contributed by atoms with Gasteiger partial charge in [-0.3, -0.25) is 9.80 Å². The molecule has 0 spiro atoms. The van der Waals surface area contributed by atoms with Gasteiger partial charge in [-0.05, 0) is 19.1 Å². The smallest absolute Gasteiger partial charge is 0.137 e. The molecule has 0 aliphatic carbocycles. The fourth-order valence-electron chi connectivity index (χ4n) is 2.78. The topological polar surface area (TPSA) is 49.8 Å². The molecule has 1 aliphatic rings. The lowest BCUT2D eigenvalue weighted by molar-refractivity contribution is 0.117. The van der Waals surface area contributed by atoms with E-state index in [1.54, 1.807) is 0 Å². The van der Waals surface area contributed by atoms with Crippen molar-refractivity contribution >= 4 is 22.9 Å². The third kappa shape index (κ3) is 3.23. The second-order valence-electron chi connectivity index (χ2n) is 5.59. The number of hydrogen-bond donors (Lipinski definition) is 1. The highest BCUT2D eigenvalue weighted by Crippen LogP contribution is 2.11. The quantitative estimate of drug-likeness (QED) is 0.858. The minimum atomic E-state index is 0.192. The van der Waals surface area contributed by atoms with Gasteiger partial charge in [0.05, 0.1) is 16.7 Å². The molecule has 2 N–H and O–H groups in total. The Labute approximate surface area is 130 Å². The molecule has 5 nitrogen and oxygen atoms in total. The summed E-state index contributed by atoms with van der Waals surface area (Å²) in [6, 6.07) is 6.26. The summed E-state index contributed by atoms with van der Waals surface area (Å²) < 4.78 is 2.07. The minimum absolute atomic E-state index is 0.192. The molecule has 0 radical (unpaired) electrons. The predicted molar refractivity (Wildman–Crippen MR) is 88.3 cm³/mol. The number of nitrogens with zero attached hydrogens (tertiary/aromatic N) is 4. The van der Waals surface area contributed by atoms with Crippen LogP contribution in [-0.2, 0) is 6.54 Å². The molecular weight excluding hydrogens is 282 g/mol. The molecule has 2 aromatic heterocycles. The summed E-state index contributed by atoms with van der Waals surface area (Å²) in [5, 5.41) is 0. The molecular formula is C15H21N5S. The summed E-state index contributed by atoms with van der Waals surface area (Å²) in [7, 11) is 0. The number of nitrogens with two attached hydrogens (primary N) is 1. The molecule has 2 aromatic rings. The van der Waals surface area contributed by atoms with Gasteiger partial charge in [0.15, 0.2) is 0 Å². The van der Waals surface area contributed by atoms with E-state index in [4.69, 9.17) is 18.0 Å². The zero-order valence-corrected chi connectivity index (χ0v) is 13.1. The molecule has 1 atom stereocenters. The Bertz CT molecular complexity index is 597. The Kier molecular flexibility index (Phi) is 4.19. The number of aromatic nitrogens is 2. The van der Waals surface area contributed by atoms with Gasteiger partial charge in [-0.2, -0.15) is 0 Å². The van der Waals surface area contributed by atoms with Gasteiger partial charge in [-0.15, -0.1) is 0 Å². The van der Waals surface area contributed by atoms with E-state index < -0.39 is 0 Å². The largest absolute Gasteiger partial charge is 0.392 e. The number of hydrogen-bond acceptors (Lipinski definition) is 4. The Morgan fingerprint density at radius 2 is 2.10 bits per heavy atom. The van der Waals surface area contributed by atoms with E-state index in [0.717, 1.165) is 44.1 Å².